The van der Waals surface area contributed by atoms with Gasteiger partial charge in [-0.25, -0.2) is 0 Å². The van der Waals surface area contributed by atoms with Crippen LogP contribution >= 0.6 is 0 Å². The summed E-state index contributed by atoms with van der Waals surface area (Å²) in [5.41, 5.74) is 2.37. The van der Waals surface area contributed by atoms with Crippen LogP contribution in [0.25, 0.3) is 0 Å². The van der Waals surface area contributed by atoms with E-state index in [4.69, 9.17) is 9.57 Å². The van der Waals surface area contributed by atoms with Gasteiger partial charge in [-0.2, -0.15) is 5.06 Å². The predicted octanol–water partition coefficient (Wildman–Crippen LogP) is 4.23. The molecule has 4 rings (SSSR count). The lowest BCUT2D eigenvalue weighted by atomic mass is 9.71. The zero-order valence-corrected chi connectivity index (χ0v) is 16.3. The molecule has 27 heavy (non-hydrogen) atoms. The van der Waals surface area contributed by atoms with Gasteiger partial charge in [0.25, 0.3) is 0 Å². The topological polar surface area (TPSA) is 38.8 Å². The van der Waals surface area contributed by atoms with Gasteiger partial charge in [-0.3, -0.25) is 9.63 Å². The molecular weight excluding hydrogens is 338 g/mol. The molecule has 0 bridgehead atoms. The number of hydrogen-bond acceptors (Lipinski definition) is 4. The van der Waals surface area contributed by atoms with Gasteiger partial charge in [0.15, 0.2) is 0 Å². The minimum atomic E-state index is -0.608. The maximum atomic E-state index is 13.2. The Bertz CT molecular complexity index is 837. The number of esters is 1. The van der Waals surface area contributed by atoms with E-state index in [0.29, 0.717) is 19.6 Å². The summed E-state index contributed by atoms with van der Waals surface area (Å²) in [6.07, 6.45) is 1.43. The number of benzene rings is 2. The number of ether oxygens (including phenoxy) is 1. The van der Waals surface area contributed by atoms with Crippen molar-refractivity contribution in [1.29, 1.82) is 0 Å². The number of hydroxylamine groups is 2. The molecule has 0 amide bonds. The van der Waals surface area contributed by atoms with Crippen molar-refractivity contribution in [3.8, 4) is 0 Å². The molecule has 0 saturated carbocycles. The van der Waals surface area contributed by atoms with Crippen molar-refractivity contribution in [2.75, 3.05) is 6.61 Å². The molecule has 142 valence electrons. The van der Waals surface area contributed by atoms with E-state index in [1.54, 1.807) is 0 Å². The van der Waals surface area contributed by atoms with E-state index in [1.807, 2.05) is 37.3 Å². The third-order valence-corrected chi connectivity index (χ3v) is 6.33. The molecule has 0 aromatic heterocycles. The lowest BCUT2D eigenvalue weighted by Gasteiger charge is -2.41. The van der Waals surface area contributed by atoms with Crippen molar-refractivity contribution in [1.82, 2.24) is 5.06 Å². The van der Waals surface area contributed by atoms with Crippen molar-refractivity contribution < 1.29 is 14.4 Å². The van der Waals surface area contributed by atoms with Gasteiger partial charge in [0.1, 0.15) is 0 Å². The molecule has 4 heteroatoms. The monoisotopic (exact) mass is 365 g/mol. The maximum Gasteiger partial charge on any atom is 0.314 e. The second-order valence-corrected chi connectivity index (χ2v) is 7.85. The van der Waals surface area contributed by atoms with Crippen molar-refractivity contribution in [3.63, 3.8) is 0 Å². The van der Waals surface area contributed by atoms with Gasteiger partial charge in [-0.05, 0) is 50.3 Å². The molecule has 4 nitrogen and oxygen atoms in total. The highest BCUT2D eigenvalue weighted by molar-refractivity contribution is 5.82. The van der Waals surface area contributed by atoms with Crippen LogP contribution in [-0.4, -0.2) is 23.7 Å². The molecule has 1 unspecified atom stereocenters. The van der Waals surface area contributed by atoms with Crippen molar-refractivity contribution in [2.45, 2.75) is 51.8 Å². The van der Waals surface area contributed by atoms with Gasteiger partial charge in [0, 0.05) is 6.04 Å². The minimum absolute atomic E-state index is 0.110. The molecule has 1 aliphatic carbocycles. The molecule has 2 aromatic rings. The Kier molecular flexibility index (Phi) is 4.57. The fraction of sp³-hybridized carbons (Fsp3) is 0.435. The molecule has 2 aliphatic rings. The number of nitrogens with zero attached hydrogens (tertiary/aromatic N) is 1. The molecule has 2 aromatic carbocycles. The van der Waals surface area contributed by atoms with Crippen LogP contribution in [0.15, 0.2) is 54.6 Å². The van der Waals surface area contributed by atoms with E-state index >= 15 is 0 Å². The van der Waals surface area contributed by atoms with E-state index in [9.17, 15) is 4.79 Å². The van der Waals surface area contributed by atoms with Crippen LogP contribution in [0, 0.1) is 5.41 Å². The number of rotatable bonds is 5. The highest BCUT2D eigenvalue weighted by atomic mass is 16.7. The molecule has 1 aliphatic heterocycles. The molecular formula is C23H27NO3. The van der Waals surface area contributed by atoms with E-state index in [1.165, 1.54) is 11.1 Å². The highest BCUT2D eigenvalue weighted by Gasteiger charge is 2.69. The van der Waals surface area contributed by atoms with Crippen LogP contribution in [0.1, 0.15) is 43.9 Å². The SMILES string of the molecule is CCOC(=O)[C@@]12Cc3ccccc3[C@]1(C)N(OCc1ccccc1)C(C)C2. The summed E-state index contributed by atoms with van der Waals surface area (Å²) in [6.45, 7) is 7.03. The zero-order valence-electron chi connectivity index (χ0n) is 16.3. The molecule has 0 N–H and O–H groups in total. The van der Waals surface area contributed by atoms with E-state index in [0.717, 1.165) is 12.0 Å². The second-order valence-electron chi connectivity index (χ2n) is 7.85. The number of carbonyl (C=O) groups excluding carboxylic acids is 1. The third-order valence-electron chi connectivity index (χ3n) is 6.33. The first kappa shape index (κ1) is 18.2. The summed E-state index contributed by atoms with van der Waals surface area (Å²) < 4.78 is 5.57. The summed E-state index contributed by atoms with van der Waals surface area (Å²) in [6, 6.07) is 18.6. The zero-order chi connectivity index (χ0) is 19.1. The predicted molar refractivity (Wildman–Crippen MR) is 104 cm³/mol. The van der Waals surface area contributed by atoms with Crippen LogP contribution in [0.3, 0.4) is 0 Å². The molecule has 3 atom stereocenters. The highest BCUT2D eigenvalue weighted by Crippen LogP contribution is 2.62. The van der Waals surface area contributed by atoms with Gasteiger partial charge in [0.2, 0.25) is 0 Å². The summed E-state index contributed by atoms with van der Waals surface area (Å²) in [5.74, 6) is -0.110. The van der Waals surface area contributed by atoms with Gasteiger partial charge >= 0.3 is 5.97 Å². The smallest absolute Gasteiger partial charge is 0.314 e. The largest absolute Gasteiger partial charge is 0.465 e. The number of hydrogen-bond donors (Lipinski definition) is 0. The fourth-order valence-electron chi connectivity index (χ4n) is 5.13. The lowest BCUT2D eigenvalue weighted by molar-refractivity contribution is -0.244. The van der Waals surface area contributed by atoms with Gasteiger partial charge < -0.3 is 4.74 Å². The first-order valence-electron chi connectivity index (χ1n) is 9.74. The summed E-state index contributed by atoms with van der Waals surface area (Å²) in [7, 11) is 0. The first-order valence-corrected chi connectivity index (χ1v) is 9.74. The normalized spacial score (nSPS) is 29.4. The molecule has 0 radical (unpaired) electrons. The Morgan fingerprint density at radius 2 is 1.85 bits per heavy atom. The Morgan fingerprint density at radius 3 is 2.59 bits per heavy atom. The average molecular weight is 365 g/mol. The molecule has 0 spiro atoms. The summed E-state index contributed by atoms with van der Waals surface area (Å²) >= 11 is 0. The van der Waals surface area contributed by atoms with Crippen molar-refractivity contribution >= 4 is 5.97 Å². The van der Waals surface area contributed by atoms with Gasteiger partial charge in [-0.15, -0.1) is 0 Å². The van der Waals surface area contributed by atoms with Crippen LogP contribution < -0.4 is 0 Å². The Labute approximate surface area is 161 Å². The van der Waals surface area contributed by atoms with E-state index < -0.39 is 11.0 Å². The van der Waals surface area contributed by atoms with Gasteiger partial charge in [-0.1, -0.05) is 54.6 Å². The number of fused-ring (bicyclic) bond motifs is 3. The minimum Gasteiger partial charge on any atom is -0.465 e. The lowest BCUT2D eigenvalue weighted by Crippen LogP contribution is -2.51. The van der Waals surface area contributed by atoms with Crippen LogP contribution in [0.5, 0.6) is 0 Å². The Balaban J connectivity index is 1.73. The van der Waals surface area contributed by atoms with E-state index in [2.05, 4.69) is 43.2 Å². The average Bonchev–Trinajstić information content (AvgIpc) is 3.05. The molecule has 1 saturated heterocycles. The maximum absolute atomic E-state index is 13.2. The summed E-state index contributed by atoms with van der Waals surface area (Å²) in [4.78, 5) is 19.5. The fourth-order valence-corrected chi connectivity index (χ4v) is 5.13. The second kappa shape index (κ2) is 6.77. The van der Waals surface area contributed by atoms with Crippen molar-refractivity contribution in [2.24, 2.45) is 5.41 Å². The van der Waals surface area contributed by atoms with Crippen LogP contribution in [0.2, 0.25) is 0 Å². The van der Waals surface area contributed by atoms with Gasteiger partial charge in [0.05, 0.1) is 24.2 Å². The number of carbonyl (C=O) groups is 1. The first-order chi connectivity index (χ1) is 13.0. The van der Waals surface area contributed by atoms with Crippen molar-refractivity contribution in [3.05, 3.63) is 71.3 Å². The quantitative estimate of drug-likeness (QED) is 0.743. The molecule has 1 fully saturated rings. The standard InChI is InChI=1S/C23H27NO3/c1-4-26-21(25)23-14-17(2)24(27-16-18-10-6-5-7-11-18)22(23,3)20-13-9-8-12-19(20)15-23/h5-13,17H,4,14-16H2,1-3H3/t17?,22-,23+/m0/s1. The van der Waals surface area contributed by atoms with Crippen LogP contribution in [-0.2, 0) is 32.9 Å². The third kappa shape index (κ3) is 2.62. The molecule has 1 heterocycles. The Morgan fingerprint density at radius 1 is 1.15 bits per heavy atom. The summed E-state index contributed by atoms with van der Waals surface area (Å²) in [5, 5.41) is 2.06. The van der Waals surface area contributed by atoms with E-state index in [-0.39, 0.29) is 12.0 Å². The van der Waals surface area contributed by atoms with Crippen LogP contribution in [0.4, 0.5) is 0 Å². The Hall–Kier alpha value is -2.17.